The molecule has 1 N–H and O–H groups in total. The van der Waals surface area contributed by atoms with Crippen molar-refractivity contribution in [2.45, 2.75) is 39.2 Å². The molecule has 0 unspecified atom stereocenters. The van der Waals surface area contributed by atoms with E-state index in [9.17, 15) is 4.79 Å². The Kier molecular flexibility index (Phi) is 9.56. The van der Waals surface area contributed by atoms with Crippen molar-refractivity contribution in [2.75, 3.05) is 31.2 Å². The van der Waals surface area contributed by atoms with Gasteiger partial charge in [-0.15, -0.1) is 0 Å². The minimum atomic E-state index is -0.510. The Morgan fingerprint density at radius 3 is 2.58 bits per heavy atom. The Bertz CT molecular complexity index is 505. The number of ether oxygens (including phenoxy) is 1. The number of thioether (sulfide) groups is 1. The second-order valence-corrected chi connectivity index (χ2v) is 8.13. The van der Waals surface area contributed by atoms with E-state index in [0.717, 1.165) is 28.5 Å². The van der Waals surface area contributed by atoms with E-state index in [1.807, 2.05) is 45.0 Å². The maximum atomic E-state index is 12.4. The second kappa shape index (κ2) is 10.9. The number of amides is 1. The van der Waals surface area contributed by atoms with Gasteiger partial charge >= 0.3 is 6.09 Å². The van der Waals surface area contributed by atoms with Crippen LogP contribution in [0.1, 0.15) is 32.8 Å². The third-order valence-electron chi connectivity index (χ3n) is 3.21. The molecule has 0 heterocycles. The molecule has 0 radical (unpaired) electrons. The first-order valence-corrected chi connectivity index (χ1v) is 9.76. The molecule has 0 atom stereocenters. The summed E-state index contributed by atoms with van der Waals surface area (Å²) < 4.78 is 5.50. The Morgan fingerprint density at radius 1 is 1.25 bits per heavy atom. The first kappa shape index (κ1) is 21.1. The predicted octanol–water partition coefficient (Wildman–Crippen LogP) is 4.24. The minimum absolute atomic E-state index is 0.204. The molecule has 4 nitrogen and oxygen atoms in total. The lowest BCUT2D eigenvalue weighted by Gasteiger charge is -2.27. The van der Waals surface area contributed by atoms with Crippen molar-refractivity contribution in [1.82, 2.24) is 4.90 Å². The molecule has 0 saturated carbocycles. The van der Waals surface area contributed by atoms with Crippen LogP contribution in [0.4, 0.5) is 4.79 Å². The zero-order valence-electron chi connectivity index (χ0n) is 14.8. The number of benzene rings is 1. The average Bonchev–Trinajstić information content (AvgIpc) is 2.49. The van der Waals surface area contributed by atoms with Crippen molar-refractivity contribution in [3.63, 3.8) is 0 Å². The zero-order valence-corrected chi connectivity index (χ0v) is 16.3. The molecule has 1 rings (SSSR count). The van der Waals surface area contributed by atoms with Crippen molar-refractivity contribution in [2.24, 2.45) is 0 Å². The molecule has 24 heavy (non-hydrogen) atoms. The quantitative estimate of drug-likeness (QED) is 0.658. The van der Waals surface area contributed by atoms with Crippen LogP contribution in [-0.2, 0) is 11.2 Å². The minimum Gasteiger partial charge on any atom is -0.444 e. The predicted molar refractivity (Wildman–Crippen MR) is 102 cm³/mol. The highest BCUT2D eigenvalue weighted by molar-refractivity contribution is 7.99. The van der Waals surface area contributed by atoms with Crippen LogP contribution in [-0.4, -0.2) is 52.9 Å². The van der Waals surface area contributed by atoms with Gasteiger partial charge in [0.15, 0.2) is 0 Å². The van der Waals surface area contributed by atoms with E-state index in [1.54, 1.807) is 16.7 Å². The van der Waals surface area contributed by atoms with Crippen LogP contribution < -0.4 is 0 Å². The van der Waals surface area contributed by atoms with Crippen LogP contribution in [0.25, 0.3) is 0 Å². The summed E-state index contributed by atoms with van der Waals surface area (Å²) in [5.74, 6) is 1.71. The van der Waals surface area contributed by atoms with E-state index < -0.39 is 5.60 Å². The third-order valence-corrected chi connectivity index (χ3v) is 4.63. The number of hydrogen-bond donors (Lipinski definition) is 1. The summed E-state index contributed by atoms with van der Waals surface area (Å²) in [6, 6.07) is 7.68. The first-order valence-electron chi connectivity index (χ1n) is 8.23. The molecule has 0 bridgehead atoms. The summed E-state index contributed by atoms with van der Waals surface area (Å²) in [6.45, 7) is 7.00. The smallest absolute Gasteiger partial charge is 0.410 e. The number of aliphatic hydroxyl groups is 1. The van der Waals surface area contributed by atoms with E-state index in [4.69, 9.17) is 21.4 Å². The SMILES string of the molecule is CC(C)(C)OC(=O)N(CCSCCCO)CCc1ccccc1Cl. The number of carbonyl (C=O) groups is 1. The van der Waals surface area contributed by atoms with Crippen molar-refractivity contribution in [3.05, 3.63) is 34.9 Å². The fourth-order valence-electron chi connectivity index (χ4n) is 2.02. The molecule has 0 aromatic heterocycles. The van der Waals surface area contributed by atoms with Crippen molar-refractivity contribution in [1.29, 1.82) is 0 Å². The average molecular weight is 374 g/mol. The van der Waals surface area contributed by atoms with E-state index in [0.29, 0.717) is 19.5 Å². The lowest BCUT2D eigenvalue weighted by molar-refractivity contribution is 0.0264. The fourth-order valence-corrected chi connectivity index (χ4v) is 3.14. The van der Waals surface area contributed by atoms with Gasteiger partial charge in [0.25, 0.3) is 0 Å². The van der Waals surface area contributed by atoms with Crippen molar-refractivity contribution < 1.29 is 14.6 Å². The van der Waals surface area contributed by atoms with E-state index >= 15 is 0 Å². The van der Waals surface area contributed by atoms with Crippen LogP contribution in [0.2, 0.25) is 5.02 Å². The lowest BCUT2D eigenvalue weighted by Crippen LogP contribution is -2.39. The Hall–Kier alpha value is -0.910. The normalized spacial score (nSPS) is 11.4. The van der Waals surface area contributed by atoms with Crippen LogP contribution in [0.5, 0.6) is 0 Å². The Balaban J connectivity index is 2.59. The fraction of sp³-hybridized carbons (Fsp3) is 0.611. The van der Waals surface area contributed by atoms with Gasteiger partial charge in [0.05, 0.1) is 0 Å². The summed E-state index contributed by atoms with van der Waals surface area (Å²) in [7, 11) is 0. The summed E-state index contributed by atoms with van der Waals surface area (Å²) in [5.41, 5.74) is 0.518. The van der Waals surface area contributed by atoms with Gasteiger partial charge in [-0.1, -0.05) is 29.8 Å². The molecule has 0 aliphatic carbocycles. The number of aliphatic hydroxyl groups excluding tert-OH is 1. The van der Waals surface area contributed by atoms with Gasteiger partial charge in [0.2, 0.25) is 0 Å². The molecule has 0 aliphatic heterocycles. The molecule has 1 amide bonds. The molecule has 0 spiro atoms. The molecule has 1 aromatic rings. The molecular formula is C18H28ClNO3S. The highest BCUT2D eigenvalue weighted by Gasteiger charge is 2.22. The Morgan fingerprint density at radius 2 is 1.96 bits per heavy atom. The number of rotatable bonds is 9. The second-order valence-electron chi connectivity index (χ2n) is 6.50. The standard InChI is InChI=1S/C18H28ClNO3S/c1-18(2,3)23-17(22)20(11-14-24-13-6-12-21)10-9-15-7-4-5-8-16(15)19/h4-5,7-8,21H,6,9-14H2,1-3H3. The highest BCUT2D eigenvalue weighted by Crippen LogP contribution is 2.17. The van der Waals surface area contributed by atoms with Crippen molar-refractivity contribution in [3.8, 4) is 0 Å². The largest absolute Gasteiger partial charge is 0.444 e. The van der Waals surface area contributed by atoms with Gasteiger partial charge in [-0.3, -0.25) is 0 Å². The van der Waals surface area contributed by atoms with Crippen LogP contribution in [0.3, 0.4) is 0 Å². The molecule has 0 fully saturated rings. The van der Waals surface area contributed by atoms with E-state index in [1.165, 1.54) is 0 Å². The summed E-state index contributed by atoms with van der Waals surface area (Å²) in [4.78, 5) is 14.1. The molecule has 136 valence electrons. The van der Waals surface area contributed by atoms with Crippen LogP contribution >= 0.6 is 23.4 Å². The highest BCUT2D eigenvalue weighted by atomic mass is 35.5. The molecule has 0 saturated heterocycles. The van der Waals surface area contributed by atoms with Crippen LogP contribution in [0.15, 0.2) is 24.3 Å². The molecule has 6 heteroatoms. The lowest BCUT2D eigenvalue weighted by atomic mass is 10.1. The van der Waals surface area contributed by atoms with Gasteiger partial charge in [-0.05, 0) is 51.0 Å². The van der Waals surface area contributed by atoms with Gasteiger partial charge < -0.3 is 14.7 Å². The third kappa shape index (κ3) is 8.81. The topological polar surface area (TPSA) is 49.8 Å². The summed E-state index contributed by atoms with van der Waals surface area (Å²) in [6.07, 6.45) is 1.18. The summed E-state index contributed by atoms with van der Waals surface area (Å²) >= 11 is 7.92. The first-order chi connectivity index (χ1) is 11.3. The monoisotopic (exact) mass is 373 g/mol. The van der Waals surface area contributed by atoms with E-state index in [-0.39, 0.29) is 12.7 Å². The molecule has 1 aromatic carbocycles. The summed E-state index contributed by atoms with van der Waals surface area (Å²) in [5, 5.41) is 9.54. The van der Waals surface area contributed by atoms with E-state index in [2.05, 4.69) is 0 Å². The number of halogens is 1. The van der Waals surface area contributed by atoms with Gasteiger partial charge in [-0.2, -0.15) is 11.8 Å². The number of carbonyl (C=O) groups excluding carboxylic acids is 1. The van der Waals surface area contributed by atoms with Gasteiger partial charge in [-0.25, -0.2) is 4.79 Å². The van der Waals surface area contributed by atoms with Crippen LogP contribution in [0, 0.1) is 0 Å². The molecule has 0 aliphatic rings. The number of nitrogens with zero attached hydrogens (tertiary/aromatic N) is 1. The van der Waals surface area contributed by atoms with Gasteiger partial charge in [0.1, 0.15) is 5.60 Å². The molecular weight excluding hydrogens is 346 g/mol. The maximum absolute atomic E-state index is 12.4. The van der Waals surface area contributed by atoms with Gasteiger partial charge in [0, 0.05) is 30.5 Å². The van der Waals surface area contributed by atoms with Crippen molar-refractivity contribution >= 4 is 29.5 Å². The zero-order chi connectivity index (χ0) is 18.0. The maximum Gasteiger partial charge on any atom is 0.410 e. The number of hydrogen-bond acceptors (Lipinski definition) is 4. The Labute approximate surface area is 154 Å².